The maximum atomic E-state index is 10.9. The van der Waals surface area contributed by atoms with Crippen molar-refractivity contribution in [2.45, 2.75) is 32.8 Å². The number of fused-ring (bicyclic) bond motifs is 1. The fraction of sp³-hybridized carbons (Fsp3) is 0.278. The van der Waals surface area contributed by atoms with E-state index in [1.807, 2.05) is 25.1 Å². The number of imidazole rings is 1. The summed E-state index contributed by atoms with van der Waals surface area (Å²) in [5.41, 5.74) is 2.49. The SMILES string of the molecule is CC(C)c1ccccc1O[C@@H](C)c1nc2ccc([N+](=O)[O-])cc2[nH]1. The van der Waals surface area contributed by atoms with Gasteiger partial charge >= 0.3 is 0 Å². The summed E-state index contributed by atoms with van der Waals surface area (Å²) in [5.74, 6) is 1.82. The Hall–Kier alpha value is -2.89. The molecule has 1 N–H and O–H groups in total. The molecule has 6 heteroatoms. The van der Waals surface area contributed by atoms with Crippen LogP contribution in [0.25, 0.3) is 11.0 Å². The molecular weight excluding hydrogens is 306 g/mol. The minimum Gasteiger partial charge on any atom is -0.483 e. The Kier molecular flexibility index (Phi) is 4.20. The van der Waals surface area contributed by atoms with E-state index in [4.69, 9.17) is 4.74 Å². The number of nitro groups is 1. The number of para-hydroxylation sites is 1. The molecule has 6 nitrogen and oxygen atoms in total. The number of nitrogens with one attached hydrogen (secondary N) is 1. The van der Waals surface area contributed by atoms with Gasteiger partial charge in [-0.1, -0.05) is 32.0 Å². The topological polar surface area (TPSA) is 81.1 Å². The number of nitrogens with zero attached hydrogens (tertiary/aromatic N) is 2. The van der Waals surface area contributed by atoms with E-state index >= 15 is 0 Å². The van der Waals surface area contributed by atoms with Crippen molar-refractivity contribution in [2.75, 3.05) is 0 Å². The van der Waals surface area contributed by atoms with Crippen LogP contribution in [0.3, 0.4) is 0 Å². The first-order chi connectivity index (χ1) is 11.5. The second kappa shape index (κ2) is 6.31. The fourth-order valence-corrected chi connectivity index (χ4v) is 2.63. The van der Waals surface area contributed by atoms with E-state index < -0.39 is 4.92 Å². The van der Waals surface area contributed by atoms with E-state index in [0.717, 1.165) is 11.3 Å². The molecule has 1 aromatic heterocycles. The number of aromatic nitrogens is 2. The van der Waals surface area contributed by atoms with Gasteiger partial charge in [-0.2, -0.15) is 0 Å². The predicted molar refractivity (Wildman–Crippen MR) is 92.3 cm³/mol. The van der Waals surface area contributed by atoms with Crippen LogP contribution in [0.4, 0.5) is 5.69 Å². The molecule has 0 spiro atoms. The molecule has 124 valence electrons. The van der Waals surface area contributed by atoms with E-state index in [9.17, 15) is 10.1 Å². The lowest BCUT2D eigenvalue weighted by Gasteiger charge is -2.17. The number of non-ortho nitro benzene ring substituents is 1. The molecule has 0 saturated heterocycles. The molecular formula is C18H19N3O3. The minimum atomic E-state index is -0.418. The van der Waals surface area contributed by atoms with E-state index in [0.29, 0.717) is 22.8 Å². The molecule has 0 aliphatic heterocycles. The van der Waals surface area contributed by atoms with Crippen molar-refractivity contribution in [3.63, 3.8) is 0 Å². The highest BCUT2D eigenvalue weighted by atomic mass is 16.6. The van der Waals surface area contributed by atoms with E-state index in [1.54, 1.807) is 6.07 Å². The molecule has 0 saturated carbocycles. The Bertz CT molecular complexity index is 886. The molecule has 0 unspecified atom stereocenters. The van der Waals surface area contributed by atoms with Crippen molar-refractivity contribution in [3.8, 4) is 5.75 Å². The van der Waals surface area contributed by atoms with E-state index in [2.05, 4.69) is 29.9 Å². The van der Waals surface area contributed by atoms with Crippen molar-refractivity contribution in [1.82, 2.24) is 9.97 Å². The summed E-state index contributed by atoms with van der Waals surface area (Å²) < 4.78 is 6.07. The molecule has 0 fully saturated rings. The smallest absolute Gasteiger partial charge is 0.271 e. The van der Waals surface area contributed by atoms with E-state index in [1.165, 1.54) is 12.1 Å². The van der Waals surface area contributed by atoms with Gasteiger partial charge in [-0.3, -0.25) is 10.1 Å². The zero-order chi connectivity index (χ0) is 17.3. The third-order valence-corrected chi connectivity index (χ3v) is 3.92. The number of hydrogen-bond donors (Lipinski definition) is 1. The molecule has 24 heavy (non-hydrogen) atoms. The fourth-order valence-electron chi connectivity index (χ4n) is 2.63. The van der Waals surface area contributed by atoms with Crippen molar-refractivity contribution < 1.29 is 9.66 Å². The number of nitro benzene ring substituents is 1. The summed E-state index contributed by atoms with van der Waals surface area (Å²) in [6.45, 7) is 6.14. The summed E-state index contributed by atoms with van der Waals surface area (Å²) in [7, 11) is 0. The number of benzene rings is 2. The zero-order valence-corrected chi connectivity index (χ0v) is 13.8. The van der Waals surface area contributed by atoms with Crippen molar-refractivity contribution >= 4 is 16.7 Å². The van der Waals surface area contributed by atoms with Gasteiger partial charge in [-0.05, 0) is 30.5 Å². The van der Waals surface area contributed by atoms with E-state index in [-0.39, 0.29) is 11.8 Å². The van der Waals surface area contributed by atoms with Crippen LogP contribution in [-0.4, -0.2) is 14.9 Å². The maximum Gasteiger partial charge on any atom is 0.271 e. The lowest BCUT2D eigenvalue weighted by molar-refractivity contribution is -0.384. The lowest BCUT2D eigenvalue weighted by Crippen LogP contribution is -2.07. The first-order valence-electron chi connectivity index (χ1n) is 7.85. The van der Waals surface area contributed by atoms with Gasteiger partial charge in [-0.15, -0.1) is 0 Å². The van der Waals surface area contributed by atoms with Crippen LogP contribution in [0.5, 0.6) is 5.75 Å². The molecule has 0 aliphatic rings. The highest BCUT2D eigenvalue weighted by Crippen LogP contribution is 2.30. The number of rotatable bonds is 5. The third-order valence-electron chi connectivity index (χ3n) is 3.92. The minimum absolute atomic E-state index is 0.0384. The molecule has 2 aromatic carbocycles. The van der Waals surface area contributed by atoms with Crippen molar-refractivity contribution in [1.29, 1.82) is 0 Å². The summed E-state index contributed by atoms with van der Waals surface area (Å²) >= 11 is 0. The quantitative estimate of drug-likeness (QED) is 0.543. The van der Waals surface area contributed by atoms with Gasteiger partial charge < -0.3 is 9.72 Å². The Labute approximate surface area is 139 Å². The predicted octanol–water partition coefficient (Wildman–Crippen LogP) is 4.73. The van der Waals surface area contributed by atoms with Crippen LogP contribution < -0.4 is 4.74 Å². The first-order valence-corrected chi connectivity index (χ1v) is 7.85. The van der Waals surface area contributed by atoms with Crippen molar-refractivity contribution in [3.05, 3.63) is 64.0 Å². The summed E-state index contributed by atoms with van der Waals surface area (Å²) in [6, 6.07) is 12.5. The number of aromatic amines is 1. The second-order valence-corrected chi connectivity index (χ2v) is 6.03. The van der Waals surface area contributed by atoms with Gasteiger partial charge in [0.2, 0.25) is 0 Å². The largest absolute Gasteiger partial charge is 0.483 e. The molecule has 0 amide bonds. The molecule has 0 aliphatic carbocycles. The van der Waals surface area contributed by atoms with Gasteiger partial charge in [0.15, 0.2) is 6.10 Å². The number of H-pyrrole nitrogens is 1. The summed E-state index contributed by atoms with van der Waals surface area (Å²) in [4.78, 5) is 18.1. The summed E-state index contributed by atoms with van der Waals surface area (Å²) in [5, 5.41) is 10.9. The molecule has 3 aromatic rings. The van der Waals surface area contributed by atoms with Gasteiger partial charge in [0.05, 0.1) is 16.0 Å². The summed E-state index contributed by atoms with van der Waals surface area (Å²) in [6.07, 6.45) is -0.295. The average molecular weight is 325 g/mol. The Balaban J connectivity index is 1.89. The number of ether oxygens (including phenoxy) is 1. The van der Waals surface area contributed by atoms with Crippen LogP contribution >= 0.6 is 0 Å². The maximum absolute atomic E-state index is 10.9. The first kappa shape index (κ1) is 16.0. The third kappa shape index (κ3) is 3.08. The van der Waals surface area contributed by atoms with Crippen LogP contribution in [0.2, 0.25) is 0 Å². The van der Waals surface area contributed by atoms with Gasteiger partial charge in [0.1, 0.15) is 11.6 Å². The number of hydrogen-bond acceptors (Lipinski definition) is 4. The van der Waals surface area contributed by atoms with Crippen LogP contribution in [0.15, 0.2) is 42.5 Å². The highest BCUT2D eigenvalue weighted by molar-refractivity contribution is 5.77. The van der Waals surface area contributed by atoms with Crippen LogP contribution in [0.1, 0.15) is 44.2 Å². The normalized spacial score (nSPS) is 12.5. The molecule has 0 radical (unpaired) electrons. The molecule has 1 heterocycles. The lowest BCUT2D eigenvalue weighted by atomic mass is 10.0. The van der Waals surface area contributed by atoms with Gasteiger partial charge in [0.25, 0.3) is 5.69 Å². The molecule has 3 rings (SSSR count). The Morgan fingerprint density at radius 3 is 2.62 bits per heavy atom. The van der Waals surface area contributed by atoms with Gasteiger partial charge in [0, 0.05) is 12.1 Å². The molecule has 1 atom stereocenters. The van der Waals surface area contributed by atoms with Crippen LogP contribution in [0, 0.1) is 10.1 Å². The Morgan fingerprint density at radius 2 is 1.92 bits per heavy atom. The standard InChI is InChI=1S/C18H19N3O3/c1-11(2)14-6-4-5-7-17(14)24-12(3)18-19-15-9-8-13(21(22)23)10-16(15)20-18/h4-12H,1-3H3,(H,19,20)/t12-/m0/s1. The monoisotopic (exact) mass is 325 g/mol. The Morgan fingerprint density at radius 1 is 1.17 bits per heavy atom. The second-order valence-electron chi connectivity index (χ2n) is 6.03. The highest BCUT2D eigenvalue weighted by Gasteiger charge is 2.16. The zero-order valence-electron chi connectivity index (χ0n) is 13.8. The molecule has 0 bridgehead atoms. The average Bonchev–Trinajstić information content (AvgIpc) is 2.98. The van der Waals surface area contributed by atoms with Gasteiger partial charge in [-0.25, -0.2) is 4.98 Å². The van der Waals surface area contributed by atoms with Crippen molar-refractivity contribution in [2.24, 2.45) is 0 Å². The van der Waals surface area contributed by atoms with Crippen LogP contribution in [-0.2, 0) is 0 Å².